The van der Waals surface area contributed by atoms with Crippen LogP contribution in [0.2, 0.25) is 0 Å². The van der Waals surface area contributed by atoms with Crippen LogP contribution in [0.1, 0.15) is 52.7 Å². The normalized spacial score (nSPS) is 26.0. The van der Waals surface area contributed by atoms with Gasteiger partial charge in [0.15, 0.2) is 0 Å². The highest BCUT2D eigenvalue weighted by Crippen LogP contribution is 2.49. The summed E-state index contributed by atoms with van der Waals surface area (Å²) in [5.41, 5.74) is 6.33. The van der Waals surface area contributed by atoms with Crippen LogP contribution in [-0.4, -0.2) is 53.3 Å². The Bertz CT molecular complexity index is 683. The van der Waals surface area contributed by atoms with E-state index in [0.717, 1.165) is 43.9 Å². The Labute approximate surface area is 186 Å². The number of nitrogens with zero attached hydrogens (tertiary/aromatic N) is 3. The molecule has 2 aliphatic rings. The lowest BCUT2D eigenvalue weighted by Gasteiger charge is -2.57. The van der Waals surface area contributed by atoms with Crippen molar-refractivity contribution in [3.63, 3.8) is 0 Å². The first-order valence-corrected chi connectivity index (χ1v) is 10.1. The number of aromatic nitrogens is 2. The largest absolute Gasteiger partial charge is 0.378 e. The van der Waals surface area contributed by atoms with E-state index in [1.165, 1.54) is 0 Å². The van der Waals surface area contributed by atoms with Gasteiger partial charge in [0.2, 0.25) is 5.91 Å². The van der Waals surface area contributed by atoms with Gasteiger partial charge in [-0.15, -0.1) is 24.8 Å². The highest BCUT2D eigenvalue weighted by molar-refractivity contribution is 5.89. The minimum absolute atomic E-state index is 0. The third-order valence-corrected chi connectivity index (χ3v) is 6.46. The number of amides is 1. The molecule has 2 atom stereocenters. The minimum atomic E-state index is -0.855. The molecule has 0 bridgehead atoms. The number of carbonyl (C=O) groups excluding carboxylic acids is 1. The van der Waals surface area contributed by atoms with Gasteiger partial charge in [-0.25, -0.2) is 9.97 Å². The van der Waals surface area contributed by atoms with Gasteiger partial charge in [0.05, 0.1) is 6.10 Å². The second kappa shape index (κ2) is 10.2. The zero-order valence-electron chi connectivity index (χ0n) is 17.8. The number of aryl methyl sites for hydroxylation is 1. The number of carbonyl (C=O) groups is 1. The van der Waals surface area contributed by atoms with Crippen molar-refractivity contribution >= 4 is 36.5 Å². The van der Waals surface area contributed by atoms with Gasteiger partial charge in [-0.2, -0.15) is 0 Å². The number of hydrogen-bond acceptors (Lipinski definition) is 6. The number of ether oxygens (including phenoxy) is 1. The molecule has 1 aliphatic heterocycles. The summed E-state index contributed by atoms with van der Waals surface area (Å²) >= 11 is 0. The highest BCUT2D eigenvalue weighted by Gasteiger charge is 2.63. The van der Waals surface area contributed by atoms with E-state index >= 15 is 0 Å². The van der Waals surface area contributed by atoms with Crippen LogP contribution in [0, 0.1) is 5.41 Å². The molecule has 3 rings (SSSR count). The first kappa shape index (κ1) is 25.9. The molecule has 1 saturated carbocycles. The van der Waals surface area contributed by atoms with E-state index in [4.69, 9.17) is 10.5 Å². The lowest BCUT2D eigenvalue weighted by Crippen LogP contribution is -2.76. The molecule has 0 aromatic carbocycles. The lowest BCUT2D eigenvalue weighted by molar-refractivity contribution is -0.171. The number of hydrogen-bond donors (Lipinski definition) is 2. The lowest BCUT2D eigenvalue weighted by atomic mass is 9.54. The molecule has 9 heteroatoms. The van der Waals surface area contributed by atoms with E-state index in [1.54, 1.807) is 6.33 Å². The smallest absolute Gasteiger partial charge is 0.241 e. The number of halogens is 2. The molecule has 29 heavy (non-hydrogen) atoms. The number of nitrogens with one attached hydrogen (secondary N) is 1. The molecule has 1 saturated heterocycles. The zero-order chi connectivity index (χ0) is 19.7. The van der Waals surface area contributed by atoms with E-state index in [1.807, 2.05) is 20.8 Å². The van der Waals surface area contributed by atoms with Gasteiger partial charge < -0.3 is 20.7 Å². The maximum Gasteiger partial charge on any atom is 0.241 e. The van der Waals surface area contributed by atoms with Crippen molar-refractivity contribution in [3.8, 4) is 0 Å². The monoisotopic (exact) mass is 447 g/mol. The van der Waals surface area contributed by atoms with Gasteiger partial charge in [-0.1, -0.05) is 20.8 Å². The second-order valence-corrected chi connectivity index (χ2v) is 8.30. The molecule has 7 nitrogen and oxygen atoms in total. The number of piperidine rings is 1. The van der Waals surface area contributed by atoms with Crippen molar-refractivity contribution in [3.05, 3.63) is 18.1 Å². The van der Waals surface area contributed by atoms with E-state index in [9.17, 15) is 4.79 Å². The predicted octanol–water partition coefficient (Wildman–Crippen LogP) is 2.50. The molecule has 1 amide bonds. The Morgan fingerprint density at radius 3 is 2.48 bits per heavy atom. The van der Waals surface area contributed by atoms with Gasteiger partial charge in [-0.3, -0.25) is 4.79 Å². The van der Waals surface area contributed by atoms with Gasteiger partial charge in [0, 0.05) is 49.3 Å². The molecule has 2 fully saturated rings. The maximum absolute atomic E-state index is 12.9. The SMILES string of the molecule is CCOC1CC(N)(C(=O)NC2CCN(c3cc(CC)ncn3)CC2)C1(C)C.Cl.Cl. The molecular formula is C20H35Cl2N5O2. The fraction of sp³-hybridized carbons (Fsp3) is 0.750. The van der Waals surface area contributed by atoms with Crippen molar-refractivity contribution in [1.29, 1.82) is 0 Å². The molecule has 0 spiro atoms. The van der Waals surface area contributed by atoms with Crippen molar-refractivity contribution in [1.82, 2.24) is 15.3 Å². The Kier molecular flexibility index (Phi) is 9.14. The molecule has 1 aromatic heterocycles. The second-order valence-electron chi connectivity index (χ2n) is 8.30. The standard InChI is InChI=1S/C20H33N5O2.2ClH/c1-5-14-11-17(23-13-22-14)25-9-7-15(8-10-25)24-18(26)20(21)12-16(27-6-2)19(20,3)4;;/h11,13,15-16H,5-10,12,21H2,1-4H3,(H,24,26);2*1H. The molecule has 2 unspecified atom stereocenters. The van der Waals surface area contributed by atoms with Crippen molar-refractivity contribution in [2.24, 2.45) is 11.1 Å². The average Bonchev–Trinajstić information content (AvgIpc) is 2.68. The average molecular weight is 448 g/mol. The van der Waals surface area contributed by atoms with Crippen molar-refractivity contribution in [2.75, 3.05) is 24.6 Å². The molecule has 0 radical (unpaired) electrons. The fourth-order valence-electron chi connectivity index (χ4n) is 4.14. The fourth-order valence-corrected chi connectivity index (χ4v) is 4.14. The van der Waals surface area contributed by atoms with Crippen LogP contribution in [0.5, 0.6) is 0 Å². The number of rotatable bonds is 6. The third kappa shape index (κ3) is 4.95. The van der Waals surface area contributed by atoms with Gasteiger partial charge >= 0.3 is 0 Å². The molecule has 166 valence electrons. The van der Waals surface area contributed by atoms with E-state index in [0.29, 0.717) is 13.0 Å². The van der Waals surface area contributed by atoms with Crippen molar-refractivity contribution < 1.29 is 9.53 Å². The summed E-state index contributed by atoms with van der Waals surface area (Å²) in [4.78, 5) is 23.8. The Balaban J connectivity index is 0.00000210. The van der Waals surface area contributed by atoms with E-state index < -0.39 is 5.54 Å². The summed E-state index contributed by atoms with van der Waals surface area (Å²) in [7, 11) is 0. The van der Waals surface area contributed by atoms with Gasteiger partial charge in [-0.05, 0) is 26.2 Å². The summed E-state index contributed by atoms with van der Waals surface area (Å²) in [6, 6.07) is 2.21. The summed E-state index contributed by atoms with van der Waals surface area (Å²) in [6.07, 6.45) is 4.95. The van der Waals surface area contributed by atoms with Crippen molar-refractivity contribution in [2.45, 2.75) is 71.1 Å². The van der Waals surface area contributed by atoms with Gasteiger partial charge in [0.1, 0.15) is 17.7 Å². The van der Waals surface area contributed by atoms with Crippen LogP contribution >= 0.6 is 24.8 Å². The zero-order valence-corrected chi connectivity index (χ0v) is 19.4. The Morgan fingerprint density at radius 1 is 1.28 bits per heavy atom. The molecule has 1 aliphatic carbocycles. The Morgan fingerprint density at radius 2 is 1.93 bits per heavy atom. The van der Waals surface area contributed by atoms with Crippen LogP contribution in [-0.2, 0) is 16.0 Å². The van der Waals surface area contributed by atoms with Crippen LogP contribution < -0.4 is 16.0 Å². The van der Waals surface area contributed by atoms with Gasteiger partial charge in [0.25, 0.3) is 0 Å². The van der Waals surface area contributed by atoms with Crippen LogP contribution in [0.15, 0.2) is 12.4 Å². The summed E-state index contributed by atoms with van der Waals surface area (Å²) in [5.74, 6) is 0.929. The first-order valence-electron chi connectivity index (χ1n) is 10.1. The quantitative estimate of drug-likeness (QED) is 0.695. The molecule has 2 heterocycles. The predicted molar refractivity (Wildman–Crippen MR) is 120 cm³/mol. The summed E-state index contributed by atoms with van der Waals surface area (Å²) in [6.45, 7) is 10.5. The molecular weight excluding hydrogens is 413 g/mol. The highest BCUT2D eigenvalue weighted by atomic mass is 35.5. The molecule has 3 N–H and O–H groups in total. The summed E-state index contributed by atoms with van der Waals surface area (Å²) < 4.78 is 5.73. The summed E-state index contributed by atoms with van der Waals surface area (Å²) in [5, 5.41) is 3.20. The third-order valence-electron chi connectivity index (χ3n) is 6.46. The number of nitrogens with two attached hydrogens (primary N) is 1. The maximum atomic E-state index is 12.9. The van der Waals surface area contributed by atoms with E-state index in [-0.39, 0.29) is 48.3 Å². The van der Waals surface area contributed by atoms with Crippen LogP contribution in [0.25, 0.3) is 0 Å². The number of anilines is 1. The van der Waals surface area contributed by atoms with E-state index in [2.05, 4.69) is 33.2 Å². The minimum Gasteiger partial charge on any atom is -0.378 e. The topological polar surface area (TPSA) is 93.4 Å². The molecule has 1 aromatic rings. The van der Waals surface area contributed by atoms with Crippen LogP contribution in [0.3, 0.4) is 0 Å². The van der Waals surface area contributed by atoms with Crippen LogP contribution in [0.4, 0.5) is 5.82 Å². The first-order chi connectivity index (χ1) is 12.8. The Hall–Kier alpha value is -1.15.